The molecule has 2 nitrogen and oxygen atoms in total. The molecule has 0 aromatic rings. The minimum Gasteiger partial charge on any atom is -0.313 e. The average Bonchev–Trinajstić information content (AvgIpc) is 2.88. The molecule has 21 heavy (non-hydrogen) atoms. The third-order valence-corrected chi connectivity index (χ3v) is 7.05. The second-order valence-electron chi connectivity index (χ2n) is 9.23. The van der Waals surface area contributed by atoms with Gasteiger partial charge >= 0.3 is 0 Å². The third-order valence-electron chi connectivity index (χ3n) is 7.05. The van der Waals surface area contributed by atoms with E-state index in [9.17, 15) is 0 Å². The van der Waals surface area contributed by atoms with Crippen LogP contribution in [0.5, 0.6) is 0 Å². The van der Waals surface area contributed by atoms with Crippen molar-refractivity contribution in [3.8, 4) is 0 Å². The van der Waals surface area contributed by atoms with Crippen LogP contribution >= 0.6 is 0 Å². The van der Waals surface area contributed by atoms with E-state index in [1.54, 1.807) is 38.5 Å². The van der Waals surface area contributed by atoms with Crippen LogP contribution in [0.1, 0.15) is 65.2 Å². The largest absolute Gasteiger partial charge is 0.313 e. The molecule has 5 rings (SSSR count). The van der Waals surface area contributed by atoms with Crippen LogP contribution in [0.3, 0.4) is 0 Å². The summed E-state index contributed by atoms with van der Waals surface area (Å²) >= 11 is 0. The lowest BCUT2D eigenvalue weighted by atomic mass is 9.49. The molecule has 4 saturated carbocycles. The van der Waals surface area contributed by atoms with Gasteiger partial charge in [-0.15, -0.1) is 0 Å². The van der Waals surface area contributed by atoms with Crippen LogP contribution in [0.2, 0.25) is 0 Å². The highest BCUT2D eigenvalue weighted by Crippen LogP contribution is 2.60. The number of nitrogens with zero attached hydrogens (tertiary/aromatic N) is 1. The van der Waals surface area contributed by atoms with Gasteiger partial charge in [-0.2, -0.15) is 0 Å². The Hall–Kier alpha value is -0.0800. The summed E-state index contributed by atoms with van der Waals surface area (Å²) in [7, 11) is 0. The molecule has 5 aliphatic rings. The van der Waals surface area contributed by atoms with Crippen molar-refractivity contribution in [2.45, 2.75) is 77.3 Å². The fourth-order valence-corrected chi connectivity index (χ4v) is 6.57. The van der Waals surface area contributed by atoms with E-state index in [0.29, 0.717) is 11.5 Å². The van der Waals surface area contributed by atoms with Crippen molar-refractivity contribution < 1.29 is 0 Å². The predicted octanol–water partition coefficient (Wildman–Crippen LogP) is 3.67. The monoisotopic (exact) mass is 290 g/mol. The lowest BCUT2D eigenvalue weighted by molar-refractivity contribution is -0.0736. The summed E-state index contributed by atoms with van der Waals surface area (Å²) in [5, 5.41) is 3.71. The van der Waals surface area contributed by atoms with E-state index >= 15 is 0 Å². The van der Waals surface area contributed by atoms with Crippen LogP contribution in [-0.2, 0) is 0 Å². The van der Waals surface area contributed by atoms with Gasteiger partial charge in [0.25, 0.3) is 0 Å². The zero-order valence-electron chi connectivity index (χ0n) is 14.1. The van der Waals surface area contributed by atoms with Gasteiger partial charge < -0.3 is 5.32 Å². The van der Waals surface area contributed by atoms with Crippen LogP contribution in [0.25, 0.3) is 0 Å². The fraction of sp³-hybridized carbons (Fsp3) is 1.00. The van der Waals surface area contributed by atoms with Crippen molar-refractivity contribution in [2.75, 3.05) is 19.6 Å². The highest BCUT2D eigenvalue weighted by atomic mass is 15.2. The quantitative estimate of drug-likeness (QED) is 0.831. The molecule has 1 saturated heterocycles. The first-order valence-electron chi connectivity index (χ1n) is 9.59. The number of hydrogen-bond donors (Lipinski definition) is 1. The van der Waals surface area contributed by atoms with Crippen LogP contribution in [0.15, 0.2) is 0 Å². The first kappa shape index (κ1) is 14.5. The molecule has 4 bridgehead atoms. The van der Waals surface area contributed by atoms with Crippen molar-refractivity contribution in [1.29, 1.82) is 0 Å². The Labute approximate surface area is 131 Å². The van der Waals surface area contributed by atoms with E-state index < -0.39 is 0 Å². The zero-order valence-corrected chi connectivity index (χ0v) is 14.1. The third kappa shape index (κ3) is 2.91. The summed E-state index contributed by atoms with van der Waals surface area (Å²) in [6.45, 7) is 8.75. The molecule has 2 heteroatoms. The normalized spacial score (nSPS) is 45.1. The van der Waals surface area contributed by atoms with Gasteiger partial charge in [-0.25, -0.2) is 0 Å². The van der Waals surface area contributed by atoms with Crippen molar-refractivity contribution in [2.24, 2.45) is 23.2 Å². The topological polar surface area (TPSA) is 15.3 Å². The minimum absolute atomic E-state index is 0.706. The molecular weight excluding hydrogens is 256 g/mol. The molecule has 0 aromatic carbocycles. The SMILES string of the molecule is CC(C)N(CC1CCCN1)CC12CC3CC(CC(C3)C1)C2. The molecule has 4 aliphatic carbocycles. The van der Waals surface area contributed by atoms with Gasteiger partial charge in [-0.1, -0.05) is 0 Å². The molecule has 1 atom stereocenters. The van der Waals surface area contributed by atoms with E-state index in [2.05, 4.69) is 24.1 Å². The fourth-order valence-electron chi connectivity index (χ4n) is 6.57. The van der Waals surface area contributed by atoms with Crippen LogP contribution in [-0.4, -0.2) is 36.6 Å². The van der Waals surface area contributed by atoms with Gasteiger partial charge in [-0.05, 0) is 94.9 Å². The van der Waals surface area contributed by atoms with E-state index in [1.165, 1.54) is 32.5 Å². The molecule has 1 heterocycles. The Morgan fingerprint density at radius 2 is 1.67 bits per heavy atom. The molecule has 5 fully saturated rings. The Balaban J connectivity index is 1.44. The summed E-state index contributed by atoms with van der Waals surface area (Å²) < 4.78 is 0. The predicted molar refractivity (Wildman–Crippen MR) is 88.3 cm³/mol. The molecule has 0 radical (unpaired) electrons. The van der Waals surface area contributed by atoms with Crippen LogP contribution in [0.4, 0.5) is 0 Å². The maximum atomic E-state index is 3.71. The lowest BCUT2D eigenvalue weighted by Gasteiger charge is -2.58. The Bertz CT molecular complexity index is 334. The molecule has 0 spiro atoms. The number of hydrogen-bond acceptors (Lipinski definition) is 2. The van der Waals surface area contributed by atoms with Crippen LogP contribution in [0, 0.1) is 23.2 Å². The highest BCUT2D eigenvalue weighted by molar-refractivity contribution is 5.03. The lowest BCUT2D eigenvalue weighted by Crippen LogP contribution is -2.53. The van der Waals surface area contributed by atoms with E-state index in [1.807, 2.05) is 0 Å². The minimum atomic E-state index is 0.706. The summed E-state index contributed by atoms with van der Waals surface area (Å²) in [6.07, 6.45) is 12.2. The van der Waals surface area contributed by atoms with Crippen molar-refractivity contribution in [1.82, 2.24) is 10.2 Å². The van der Waals surface area contributed by atoms with Crippen molar-refractivity contribution in [3.05, 3.63) is 0 Å². The van der Waals surface area contributed by atoms with Gasteiger partial charge in [0.2, 0.25) is 0 Å². The van der Waals surface area contributed by atoms with Gasteiger partial charge in [0.15, 0.2) is 0 Å². The number of nitrogens with one attached hydrogen (secondary N) is 1. The van der Waals surface area contributed by atoms with Gasteiger partial charge in [0.05, 0.1) is 0 Å². The first-order valence-corrected chi connectivity index (χ1v) is 9.59. The van der Waals surface area contributed by atoms with Crippen molar-refractivity contribution in [3.63, 3.8) is 0 Å². The summed E-state index contributed by atoms with van der Waals surface area (Å²) in [6, 6.07) is 1.47. The highest BCUT2D eigenvalue weighted by Gasteiger charge is 2.51. The molecule has 0 aromatic heterocycles. The summed E-state index contributed by atoms with van der Waals surface area (Å²) in [5.74, 6) is 3.28. The second-order valence-corrected chi connectivity index (χ2v) is 9.23. The van der Waals surface area contributed by atoms with Crippen LogP contribution < -0.4 is 5.32 Å². The smallest absolute Gasteiger partial charge is 0.0195 e. The first-order chi connectivity index (χ1) is 10.1. The average molecular weight is 290 g/mol. The van der Waals surface area contributed by atoms with E-state index in [-0.39, 0.29) is 0 Å². The Morgan fingerprint density at radius 1 is 1.05 bits per heavy atom. The molecular formula is C19H34N2. The maximum Gasteiger partial charge on any atom is 0.0195 e. The van der Waals surface area contributed by atoms with Crippen molar-refractivity contribution >= 4 is 0 Å². The molecule has 120 valence electrons. The maximum absolute atomic E-state index is 3.71. The van der Waals surface area contributed by atoms with E-state index in [4.69, 9.17) is 0 Å². The van der Waals surface area contributed by atoms with Gasteiger partial charge in [-0.3, -0.25) is 4.90 Å². The Kier molecular flexibility index (Phi) is 3.82. The second kappa shape index (κ2) is 5.53. The van der Waals surface area contributed by atoms with Gasteiger partial charge in [0, 0.05) is 25.2 Å². The van der Waals surface area contributed by atoms with E-state index in [0.717, 1.165) is 23.8 Å². The Morgan fingerprint density at radius 3 is 2.14 bits per heavy atom. The molecule has 0 amide bonds. The zero-order chi connectivity index (χ0) is 14.4. The number of rotatable bonds is 5. The summed E-state index contributed by atoms with van der Waals surface area (Å²) in [5.41, 5.74) is 0.706. The summed E-state index contributed by atoms with van der Waals surface area (Å²) in [4.78, 5) is 2.83. The van der Waals surface area contributed by atoms with Gasteiger partial charge in [0.1, 0.15) is 0 Å². The molecule has 1 aliphatic heterocycles. The standard InChI is InChI=1S/C19H34N2/c1-14(2)21(12-18-4-3-5-20-18)13-19-9-15-6-16(10-19)8-17(7-15)11-19/h14-18,20H,3-13H2,1-2H3. The molecule has 1 N–H and O–H groups in total. The molecule has 1 unspecified atom stereocenters.